The molecule has 0 rings (SSSR count). The van der Waals surface area contributed by atoms with Crippen LogP contribution in [0.2, 0.25) is 0 Å². The van der Waals surface area contributed by atoms with Gasteiger partial charge >= 0.3 is 11.9 Å². The normalized spacial score (nSPS) is 13.6. The van der Waals surface area contributed by atoms with Gasteiger partial charge in [0.25, 0.3) is 0 Å². The Hall–Kier alpha value is -0.320. The van der Waals surface area contributed by atoms with Crippen LogP contribution in [0.5, 0.6) is 0 Å². The maximum absolute atomic E-state index is 12.0. The molecule has 0 bridgehead atoms. The Balaban J connectivity index is 0. The predicted molar refractivity (Wildman–Crippen MR) is 119 cm³/mol. The molecule has 0 aliphatic carbocycles. The van der Waals surface area contributed by atoms with E-state index in [-0.39, 0.29) is 22.9 Å². The summed E-state index contributed by atoms with van der Waals surface area (Å²) in [5, 5.41) is 10.5. The molecular weight excluding hydrogens is 386 g/mol. The van der Waals surface area contributed by atoms with Gasteiger partial charge in [-0.1, -0.05) is 104 Å². The minimum atomic E-state index is -1.42. The van der Waals surface area contributed by atoms with Crippen LogP contribution >= 0.6 is 0 Å². The largest absolute Gasteiger partial charge is 1.00 e. The molecule has 176 valence electrons. The molecule has 0 amide bonds. The number of aliphatic hydroxyl groups is 1. The summed E-state index contributed by atoms with van der Waals surface area (Å²) in [6.07, 6.45) is 20.5. The van der Waals surface area contributed by atoms with Gasteiger partial charge in [-0.25, -0.2) is 0 Å². The van der Waals surface area contributed by atoms with E-state index < -0.39 is 5.91 Å². The molecule has 0 saturated carbocycles. The Labute approximate surface area is 187 Å². The molecular formula is C24H50ClNO3. The van der Waals surface area contributed by atoms with Crippen molar-refractivity contribution in [3.63, 3.8) is 0 Å². The predicted octanol–water partition coefficient (Wildman–Crippen LogP) is 3.56. The summed E-state index contributed by atoms with van der Waals surface area (Å²) in [6, 6.07) is 0. The number of carbonyl (C=O) groups excluding carboxylic acids is 1. The zero-order valence-electron chi connectivity index (χ0n) is 20.1. The first kappa shape index (κ1) is 30.9. The van der Waals surface area contributed by atoms with Crippen LogP contribution in [0.25, 0.3) is 0 Å². The molecule has 1 N–H and O–H groups in total. The van der Waals surface area contributed by atoms with Crippen LogP contribution in [-0.2, 0) is 9.53 Å². The number of halogens is 1. The maximum atomic E-state index is 12.0. The fourth-order valence-electron chi connectivity index (χ4n) is 3.56. The van der Waals surface area contributed by atoms with Crippen LogP contribution in [0.15, 0.2) is 0 Å². The Morgan fingerprint density at radius 1 is 0.724 bits per heavy atom. The Bertz CT molecular complexity index is 385. The number of rotatable bonds is 19. The first-order chi connectivity index (χ1) is 13.3. The number of hydrogen-bond donors (Lipinski definition) is 1. The zero-order chi connectivity index (χ0) is 21.3. The molecule has 0 aliphatic heterocycles. The van der Waals surface area contributed by atoms with Gasteiger partial charge in [-0.2, -0.15) is 0 Å². The highest BCUT2D eigenvalue weighted by Crippen LogP contribution is 2.22. The van der Waals surface area contributed by atoms with Gasteiger partial charge in [0.1, 0.15) is 0 Å². The van der Waals surface area contributed by atoms with E-state index in [0.29, 0.717) is 12.8 Å². The van der Waals surface area contributed by atoms with Crippen LogP contribution < -0.4 is 12.4 Å². The lowest BCUT2D eigenvalue weighted by atomic mass is 10.0. The number of esters is 1. The molecule has 0 aromatic heterocycles. The summed E-state index contributed by atoms with van der Waals surface area (Å²) in [5.41, 5.74) is 0. The van der Waals surface area contributed by atoms with Gasteiger partial charge in [0.2, 0.25) is 0 Å². The van der Waals surface area contributed by atoms with Crippen LogP contribution in [0, 0.1) is 0 Å². The number of carbonyl (C=O) groups is 1. The van der Waals surface area contributed by atoms with E-state index in [0.717, 1.165) is 12.8 Å². The number of nitrogens with zero attached hydrogens (tertiary/aromatic N) is 1. The molecule has 0 aliphatic rings. The van der Waals surface area contributed by atoms with Crippen molar-refractivity contribution in [2.45, 2.75) is 129 Å². The third kappa shape index (κ3) is 16.1. The van der Waals surface area contributed by atoms with Crippen LogP contribution in [0.1, 0.15) is 123 Å². The van der Waals surface area contributed by atoms with Gasteiger partial charge < -0.3 is 22.3 Å². The van der Waals surface area contributed by atoms with Crippen molar-refractivity contribution in [3.8, 4) is 0 Å². The summed E-state index contributed by atoms with van der Waals surface area (Å²) >= 11 is 0. The zero-order valence-corrected chi connectivity index (χ0v) is 20.9. The molecule has 1 atom stereocenters. The fraction of sp³-hybridized carbons (Fsp3) is 0.958. The van der Waals surface area contributed by atoms with Crippen LogP contribution in [0.4, 0.5) is 0 Å². The van der Waals surface area contributed by atoms with E-state index in [1.165, 1.54) is 83.5 Å². The third-order valence-corrected chi connectivity index (χ3v) is 5.77. The smallest absolute Gasteiger partial charge is 0.360 e. The van der Waals surface area contributed by atoms with Crippen molar-refractivity contribution in [1.29, 1.82) is 0 Å². The van der Waals surface area contributed by atoms with E-state index in [1.54, 1.807) is 0 Å². The average molecular weight is 436 g/mol. The number of unbranched alkanes of at least 4 members (excludes halogenated alkanes) is 14. The van der Waals surface area contributed by atoms with Crippen molar-refractivity contribution in [1.82, 2.24) is 0 Å². The molecule has 0 fully saturated rings. The molecule has 0 radical (unpaired) electrons. The lowest BCUT2D eigenvalue weighted by molar-refractivity contribution is -0.977. The maximum Gasteiger partial charge on any atom is 0.360 e. The van der Waals surface area contributed by atoms with Crippen molar-refractivity contribution < 1.29 is 31.5 Å². The van der Waals surface area contributed by atoms with Crippen LogP contribution in [-0.4, -0.2) is 42.6 Å². The molecule has 0 aromatic carbocycles. The van der Waals surface area contributed by atoms with E-state index >= 15 is 0 Å². The first-order valence-electron chi connectivity index (χ1n) is 12.0. The van der Waals surface area contributed by atoms with E-state index in [2.05, 4.69) is 6.92 Å². The average Bonchev–Trinajstić information content (AvgIpc) is 2.63. The van der Waals surface area contributed by atoms with Gasteiger partial charge in [-0.15, -0.1) is 0 Å². The van der Waals surface area contributed by atoms with Gasteiger partial charge in [0.05, 0.1) is 27.6 Å². The summed E-state index contributed by atoms with van der Waals surface area (Å²) in [4.78, 5) is 12.0. The van der Waals surface area contributed by atoms with E-state index in [9.17, 15) is 9.90 Å². The summed E-state index contributed by atoms with van der Waals surface area (Å²) in [7, 11) is 5.51. The highest BCUT2D eigenvalue weighted by molar-refractivity contribution is 5.69. The standard InChI is InChI=1S/C24H50NO3.ClH/c1-6-8-9-10-11-12-13-14-15-16-17-18-19-20-21-22-23(26)28-24(27,7-2)25(3,4)5;/h27H,6-22H2,1-5H3;1H/q+1;/p-1. The second kappa shape index (κ2) is 18.4. The number of quaternary nitrogens is 1. The monoisotopic (exact) mass is 435 g/mol. The molecule has 0 spiro atoms. The van der Waals surface area contributed by atoms with Gasteiger partial charge in [0.15, 0.2) is 0 Å². The number of ether oxygens (including phenoxy) is 1. The Morgan fingerprint density at radius 3 is 1.38 bits per heavy atom. The Morgan fingerprint density at radius 2 is 1.07 bits per heavy atom. The van der Waals surface area contributed by atoms with Crippen molar-refractivity contribution >= 4 is 5.97 Å². The summed E-state index contributed by atoms with van der Waals surface area (Å²) in [6.45, 7) is 4.11. The van der Waals surface area contributed by atoms with Gasteiger partial charge in [-0.05, 0) is 6.42 Å². The molecule has 0 saturated heterocycles. The second-order valence-electron chi connectivity index (χ2n) is 9.28. The highest BCUT2D eigenvalue weighted by Gasteiger charge is 2.43. The number of hydrogen-bond acceptors (Lipinski definition) is 3. The van der Waals surface area contributed by atoms with Gasteiger partial charge in [-0.3, -0.25) is 9.28 Å². The summed E-state index contributed by atoms with van der Waals surface area (Å²) < 4.78 is 5.56. The molecule has 0 aromatic rings. The topological polar surface area (TPSA) is 46.5 Å². The van der Waals surface area contributed by atoms with Gasteiger partial charge in [0, 0.05) is 6.42 Å². The quantitative estimate of drug-likeness (QED) is 0.146. The first-order valence-corrected chi connectivity index (χ1v) is 12.0. The fourth-order valence-corrected chi connectivity index (χ4v) is 3.56. The van der Waals surface area contributed by atoms with Crippen molar-refractivity contribution in [3.05, 3.63) is 0 Å². The minimum Gasteiger partial charge on any atom is -1.00 e. The highest BCUT2D eigenvalue weighted by atomic mass is 35.5. The molecule has 4 nitrogen and oxygen atoms in total. The lowest BCUT2D eigenvalue weighted by Crippen LogP contribution is -3.00. The third-order valence-electron chi connectivity index (χ3n) is 5.77. The van der Waals surface area contributed by atoms with E-state index in [1.807, 2.05) is 28.1 Å². The second-order valence-corrected chi connectivity index (χ2v) is 9.28. The molecule has 5 heteroatoms. The Kier molecular flexibility index (Phi) is 19.6. The minimum absolute atomic E-state index is 0. The SMILES string of the molecule is CCCCCCCCCCCCCCCCCC(=O)OC(O)(CC)[N+](C)(C)C.[Cl-]. The molecule has 1 unspecified atom stereocenters. The van der Waals surface area contributed by atoms with Crippen molar-refractivity contribution in [2.24, 2.45) is 0 Å². The van der Waals surface area contributed by atoms with Crippen molar-refractivity contribution in [2.75, 3.05) is 21.1 Å². The van der Waals surface area contributed by atoms with Crippen LogP contribution in [0.3, 0.4) is 0 Å². The summed E-state index contributed by atoms with van der Waals surface area (Å²) in [5.74, 6) is -1.71. The lowest BCUT2D eigenvalue weighted by Gasteiger charge is -2.39. The van der Waals surface area contributed by atoms with E-state index in [4.69, 9.17) is 4.74 Å². The molecule has 0 heterocycles. The molecule has 29 heavy (non-hydrogen) atoms.